The van der Waals surface area contributed by atoms with Crippen LogP contribution in [0.25, 0.3) is 5.57 Å². The molecule has 2 atom stereocenters. The number of nitrogens with one attached hydrogen (secondary N) is 1. The third kappa shape index (κ3) is 3.28. The highest BCUT2D eigenvalue weighted by Gasteiger charge is 2.50. The van der Waals surface area contributed by atoms with Gasteiger partial charge in [0.05, 0.1) is 17.6 Å². The third-order valence-electron chi connectivity index (χ3n) is 5.13. The molecule has 1 saturated heterocycles. The van der Waals surface area contributed by atoms with Crippen LogP contribution in [0.5, 0.6) is 0 Å². The van der Waals surface area contributed by atoms with Gasteiger partial charge in [0.1, 0.15) is 11.3 Å². The van der Waals surface area contributed by atoms with Crippen molar-refractivity contribution >= 4 is 17.4 Å². The van der Waals surface area contributed by atoms with Gasteiger partial charge < -0.3 is 14.8 Å². The van der Waals surface area contributed by atoms with Crippen molar-refractivity contribution in [3.63, 3.8) is 0 Å². The number of esters is 1. The number of ether oxygens (including phenoxy) is 2. The van der Waals surface area contributed by atoms with E-state index in [2.05, 4.69) is 5.32 Å². The van der Waals surface area contributed by atoms with Crippen LogP contribution in [0.15, 0.2) is 24.0 Å². The van der Waals surface area contributed by atoms with Crippen LogP contribution in [0.4, 0.5) is 0 Å². The Morgan fingerprint density at radius 2 is 2.08 bits per heavy atom. The van der Waals surface area contributed by atoms with E-state index in [-0.39, 0.29) is 23.9 Å². The number of aryl methyl sites for hydroxylation is 2. The van der Waals surface area contributed by atoms with Gasteiger partial charge in [-0.1, -0.05) is 37.6 Å². The lowest BCUT2D eigenvalue weighted by atomic mass is 9.84. The first-order valence-electron chi connectivity index (χ1n) is 9.21. The Labute approximate surface area is 154 Å². The molecule has 5 nitrogen and oxygen atoms in total. The molecule has 3 rings (SSSR count). The number of carbonyl (C=O) groups is 2. The Balaban J connectivity index is 2.15. The predicted octanol–water partition coefficient (Wildman–Crippen LogP) is 3.28. The molecule has 2 unspecified atom stereocenters. The van der Waals surface area contributed by atoms with Gasteiger partial charge in [0.2, 0.25) is 0 Å². The zero-order valence-corrected chi connectivity index (χ0v) is 16.1. The first kappa shape index (κ1) is 18.6. The topological polar surface area (TPSA) is 64.6 Å². The van der Waals surface area contributed by atoms with Crippen molar-refractivity contribution in [2.45, 2.75) is 59.1 Å². The fourth-order valence-corrected chi connectivity index (χ4v) is 3.79. The van der Waals surface area contributed by atoms with Crippen molar-refractivity contribution in [2.24, 2.45) is 5.92 Å². The van der Waals surface area contributed by atoms with Crippen molar-refractivity contribution < 1.29 is 19.1 Å². The van der Waals surface area contributed by atoms with E-state index in [9.17, 15) is 9.59 Å². The van der Waals surface area contributed by atoms with Crippen molar-refractivity contribution in [1.29, 1.82) is 0 Å². The first-order valence-corrected chi connectivity index (χ1v) is 9.21. The molecule has 1 aromatic carbocycles. The van der Waals surface area contributed by atoms with Crippen LogP contribution in [0, 0.1) is 19.8 Å². The highest BCUT2D eigenvalue weighted by Crippen LogP contribution is 2.42. The second kappa shape index (κ2) is 6.88. The highest BCUT2D eigenvalue weighted by molar-refractivity contribution is 6.24. The highest BCUT2D eigenvalue weighted by atomic mass is 16.5. The molecule has 0 radical (unpaired) electrons. The molecule has 0 aromatic heterocycles. The fourth-order valence-electron chi connectivity index (χ4n) is 3.79. The Morgan fingerprint density at radius 1 is 1.35 bits per heavy atom. The zero-order chi connectivity index (χ0) is 19.1. The van der Waals surface area contributed by atoms with Crippen molar-refractivity contribution in [1.82, 2.24) is 5.32 Å². The van der Waals surface area contributed by atoms with Crippen molar-refractivity contribution in [2.75, 3.05) is 6.61 Å². The SMILES string of the molecule is Cc1ccc(C2=C(OC(=O)C(C)C)C3(CCOC(C)C3)NC2=O)c(C)c1. The minimum atomic E-state index is -0.675. The minimum absolute atomic E-state index is 0.0183. The van der Waals surface area contributed by atoms with E-state index in [1.807, 2.05) is 39.0 Å². The Bertz CT molecular complexity index is 780. The maximum Gasteiger partial charge on any atom is 0.313 e. The molecule has 1 N–H and O–H groups in total. The van der Waals surface area contributed by atoms with Crippen LogP contribution in [-0.2, 0) is 19.1 Å². The second-order valence-electron chi connectivity index (χ2n) is 7.77. The van der Waals surface area contributed by atoms with Gasteiger partial charge in [-0.05, 0) is 31.9 Å². The molecule has 140 valence electrons. The van der Waals surface area contributed by atoms with Gasteiger partial charge in [0, 0.05) is 19.4 Å². The quantitative estimate of drug-likeness (QED) is 0.843. The smallest absolute Gasteiger partial charge is 0.313 e. The average Bonchev–Trinajstić information content (AvgIpc) is 2.79. The van der Waals surface area contributed by atoms with Gasteiger partial charge in [0.15, 0.2) is 0 Å². The molecule has 2 aliphatic heterocycles. The molecule has 26 heavy (non-hydrogen) atoms. The molecule has 1 spiro atoms. The number of carbonyl (C=O) groups excluding carboxylic acids is 2. The molecular weight excluding hydrogens is 330 g/mol. The zero-order valence-electron chi connectivity index (χ0n) is 16.1. The predicted molar refractivity (Wildman–Crippen MR) is 99.3 cm³/mol. The van der Waals surface area contributed by atoms with E-state index in [0.717, 1.165) is 16.7 Å². The molecule has 1 aromatic rings. The van der Waals surface area contributed by atoms with Crippen LogP contribution >= 0.6 is 0 Å². The lowest BCUT2D eigenvalue weighted by Crippen LogP contribution is -2.51. The summed E-state index contributed by atoms with van der Waals surface area (Å²) in [4.78, 5) is 25.4. The summed E-state index contributed by atoms with van der Waals surface area (Å²) in [7, 11) is 0. The first-order chi connectivity index (χ1) is 12.2. The van der Waals surface area contributed by atoms with Crippen LogP contribution < -0.4 is 5.32 Å². The van der Waals surface area contributed by atoms with E-state index < -0.39 is 5.54 Å². The fraction of sp³-hybridized carbons (Fsp3) is 0.524. The van der Waals surface area contributed by atoms with E-state index in [1.165, 1.54) is 0 Å². The van der Waals surface area contributed by atoms with E-state index in [4.69, 9.17) is 9.47 Å². The van der Waals surface area contributed by atoms with Gasteiger partial charge >= 0.3 is 5.97 Å². The summed E-state index contributed by atoms with van der Waals surface area (Å²) in [6.07, 6.45) is 1.17. The summed E-state index contributed by atoms with van der Waals surface area (Å²) in [6, 6.07) is 5.95. The molecule has 2 aliphatic rings. The summed E-state index contributed by atoms with van der Waals surface area (Å²) < 4.78 is 11.5. The third-order valence-corrected chi connectivity index (χ3v) is 5.13. The molecule has 0 saturated carbocycles. The molecule has 0 aliphatic carbocycles. The number of amides is 1. The normalized spacial score (nSPS) is 25.8. The van der Waals surface area contributed by atoms with Crippen LogP contribution in [0.2, 0.25) is 0 Å². The maximum absolute atomic E-state index is 13.0. The largest absolute Gasteiger partial charge is 0.427 e. The number of rotatable bonds is 3. The van der Waals surface area contributed by atoms with E-state index >= 15 is 0 Å². The molecular formula is C21H27NO4. The standard InChI is InChI=1S/C21H27NO4/c1-12(2)20(24)26-18-17(16-7-6-13(3)10-14(16)4)19(23)22-21(18)8-9-25-15(5)11-21/h6-7,10,12,15H,8-9,11H2,1-5H3,(H,22,23). The summed E-state index contributed by atoms with van der Waals surface area (Å²) in [5.74, 6) is -0.314. The number of hydrogen-bond acceptors (Lipinski definition) is 4. The van der Waals surface area contributed by atoms with E-state index in [0.29, 0.717) is 30.8 Å². The van der Waals surface area contributed by atoms with Crippen LogP contribution in [-0.4, -0.2) is 30.1 Å². The van der Waals surface area contributed by atoms with Gasteiger partial charge in [-0.2, -0.15) is 0 Å². The van der Waals surface area contributed by atoms with Crippen molar-refractivity contribution in [3.05, 3.63) is 40.6 Å². The van der Waals surface area contributed by atoms with Gasteiger partial charge in [-0.25, -0.2) is 0 Å². The lowest BCUT2D eigenvalue weighted by molar-refractivity contribution is -0.145. The molecule has 5 heteroatoms. The Kier molecular flexibility index (Phi) is 4.93. The lowest BCUT2D eigenvalue weighted by Gasteiger charge is -2.38. The molecule has 1 amide bonds. The summed E-state index contributed by atoms with van der Waals surface area (Å²) in [6.45, 7) is 10.1. The minimum Gasteiger partial charge on any atom is -0.427 e. The monoisotopic (exact) mass is 357 g/mol. The average molecular weight is 357 g/mol. The van der Waals surface area contributed by atoms with E-state index in [1.54, 1.807) is 13.8 Å². The van der Waals surface area contributed by atoms with Crippen LogP contribution in [0.3, 0.4) is 0 Å². The maximum atomic E-state index is 13.0. The van der Waals surface area contributed by atoms with Crippen LogP contribution in [0.1, 0.15) is 50.3 Å². The van der Waals surface area contributed by atoms with Gasteiger partial charge in [-0.15, -0.1) is 0 Å². The molecule has 1 fully saturated rings. The summed E-state index contributed by atoms with van der Waals surface area (Å²) in [5, 5.41) is 3.11. The summed E-state index contributed by atoms with van der Waals surface area (Å²) in [5.41, 5.74) is 2.73. The molecule has 0 bridgehead atoms. The molecule has 2 heterocycles. The van der Waals surface area contributed by atoms with Gasteiger partial charge in [0.25, 0.3) is 5.91 Å². The van der Waals surface area contributed by atoms with Gasteiger partial charge in [-0.3, -0.25) is 9.59 Å². The van der Waals surface area contributed by atoms with Crippen molar-refractivity contribution in [3.8, 4) is 0 Å². The summed E-state index contributed by atoms with van der Waals surface area (Å²) >= 11 is 0. The second-order valence-corrected chi connectivity index (χ2v) is 7.77. The Morgan fingerprint density at radius 3 is 2.69 bits per heavy atom. The Hall–Kier alpha value is -2.14. The number of benzene rings is 1. The number of hydrogen-bond donors (Lipinski definition) is 1.